The molecule has 1 aliphatic carbocycles. The molecule has 1 N–H and O–H groups in total. The van der Waals surface area contributed by atoms with E-state index in [4.69, 9.17) is 0 Å². The van der Waals surface area contributed by atoms with Gasteiger partial charge in [-0.3, -0.25) is 0 Å². The van der Waals surface area contributed by atoms with Crippen LogP contribution in [-0.4, -0.2) is 55.6 Å². The number of nitrogens with zero attached hydrogens (tertiary/aromatic N) is 2. The van der Waals surface area contributed by atoms with Crippen molar-refractivity contribution in [2.45, 2.75) is 25.3 Å². The SMILES string of the molecule is CN(C)C(=O)NCC1CCN(C2CC2)C1. The van der Waals surface area contributed by atoms with E-state index in [0.29, 0.717) is 5.92 Å². The Morgan fingerprint density at radius 2 is 2.13 bits per heavy atom. The third-order valence-electron chi connectivity index (χ3n) is 3.33. The second kappa shape index (κ2) is 4.39. The first-order valence-electron chi connectivity index (χ1n) is 5.86. The van der Waals surface area contributed by atoms with Gasteiger partial charge in [-0.1, -0.05) is 0 Å². The predicted molar refractivity (Wildman–Crippen MR) is 59.8 cm³/mol. The van der Waals surface area contributed by atoms with Gasteiger partial charge in [-0.15, -0.1) is 0 Å². The van der Waals surface area contributed by atoms with Gasteiger partial charge in [0.05, 0.1) is 0 Å². The molecular formula is C11H21N3O. The van der Waals surface area contributed by atoms with Gasteiger partial charge in [0.2, 0.25) is 0 Å². The van der Waals surface area contributed by atoms with Crippen LogP contribution in [0.2, 0.25) is 0 Å². The monoisotopic (exact) mass is 211 g/mol. The molecule has 0 radical (unpaired) electrons. The third-order valence-corrected chi connectivity index (χ3v) is 3.33. The van der Waals surface area contributed by atoms with Crippen LogP contribution in [0.25, 0.3) is 0 Å². The van der Waals surface area contributed by atoms with Crippen molar-refractivity contribution in [3.63, 3.8) is 0 Å². The fraction of sp³-hybridized carbons (Fsp3) is 0.909. The zero-order valence-corrected chi connectivity index (χ0v) is 9.70. The number of urea groups is 1. The van der Waals surface area contributed by atoms with Crippen molar-refractivity contribution in [3.8, 4) is 0 Å². The maximum absolute atomic E-state index is 11.3. The molecule has 1 unspecified atom stereocenters. The zero-order valence-electron chi connectivity index (χ0n) is 9.70. The van der Waals surface area contributed by atoms with Gasteiger partial charge >= 0.3 is 6.03 Å². The van der Waals surface area contributed by atoms with E-state index < -0.39 is 0 Å². The maximum atomic E-state index is 11.3. The number of hydrogen-bond acceptors (Lipinski definition) is 2. The second-order valence-corrected chi connectivity index (χ2v) is 4.96. The van der Waals surface area contributed by atoms with E-state index in [-0.39, 0.29) is 6.03 Å². The molecule has 2 amide bonds. The summed E-state index contributed by atoms with van der Waals surface area (Å²) in [7, 11) is 3.56. The molecule has 2 aliphatic rings. The Kier molecular flexibility index (Phi) is 3.14. The lowest BCUT2D eigenvalue weighted by atomic mass is 10.1. The van der Waals surface area contributed by atoms with Crippen molar-refractivity contribution < 1.29 is 4.79 Å². The summed E-state index contributed by atoms with van der Waals surface area (Å²) in [5, 5.41) is 2.96. The maximum Gasteiger partial charge on any atom is 0.316 e. The normalized spacial score (nSPS) is 26.7. The van der Waals surface area contributed by atoms with Gasteiger partial charge in [-0.25, -0.2) is 4.79 Å². The fourth-order valence-corrected chi connectivity index (χ4v) is 2.19. The summed E-state index contributed by atoms with van der Waals surface area (Å²) in [6, 6.07) is 0.902. The van der Waals surface area contributed by atoms with Crippen LogP contribution >= 0.6 is 0 Å². The smallest absolute Gasteiger partial charge is 0.316 e. The number of carbonyl (C=O) groups excluding carboxylic acids is 1. The van der Waals surface area contributed by atoms with Crippen LogP contribution in [0.5, 0.6) is 0 Å². The van der Waals surface area contributed by atoms with Gasteiger partial charge in [0.25, 0.3) is 0 Å². The average Bonchev–Trinajstić information content (AvgIpc) is 2.95. The number of likely N-dealkylation sites (tertiary alicyclic amines) is 1. The van der Waals surface area contributed by atoms with E-state index >= 15 is 0 Å². The Morgan fingerprint density at radius 3 is 2.73 bits per heavy atom. The van der Waals surface area contributed by atoms with Crippen LogP contribution in [0.3, 0.4) is 0 Å². The molecule has 1 saturated carbocycles. The molecule has 1 heterocycles. The van der Waals surface area contributed by atoms with Gasteiger partial charge < -0.3 is 15.1 Å². The number of amides is 2. The Morgan fingerprint density at radius 1 is 1.40 bits per heavy atom. The van der Waals surface area contributed by atoms with Crippen LogP contribution in [-0.2, 0) is 0 Å². The highest BCUT2D eigenvalue weighted by molar-refractivity contribution is 5.73. The highest BCUT2D eigenvalue weighted by Crippen LogP contribution is 2.31. The molecule has 1 aliphatic heterocycles. The number of hydrogen-bond donors (Lipinski definition) is 1. The van der Waals surface area contributed by atoms with Gasteiger partial charge in [0.15, 0.2) is 0 Å². The first-order valence-corrected chi connectivity index (χ1v) is 5.86. The largest absolute Gasteiger partial charge is 0.338 e. The first-order chi connectivity index (χ1) is 7.16. The standard InChI is InChI=1S/C11H21N3O/c1-13(2)11(15)12-7-9-5-6-14(8-9)10-3-4-10/h9-10H,3-8H2,1-2H3,(H,12,15). The number of carbonyl (C=O) groups is 1. The minimum atomic E-state index is 0.0277. The Hall–Kier alpha value is -0.770. The molecule has 0 aromatic rings. The van der Waals surface area contributed by atoms with Crippen molar-refractivity contribution in [1.82, 2.24) is 15.1 Å². The molecule has 2 rings (SSSR count). The van der Waals surface area contributed by atoms with Crippen LogP contribution in [0.1, 0.15) is 19.3 Å². The quantitative estimate of drug-likeness (QED) is 0.747. The van der Waals surface area contributed by atoms with Gasteiger partial charge in [-0.05, 0) is 31.7 Å². The van der Waals surface area contributed by atoms with Crippen molar-refractivity contribution in [2.24, 2.45) is 5.92 Å². The van der Waals surface area contributed by atoms with Gasteiger partial charge in [-0.2, -0.15) is 0 Å². The molecule has 86 valence electrons. The van der Waals surface area contributed by atoms with Gasteiger partial charge in [0, 0.05) is 33.2 Å². The zero-order chi connectivity index (χ0) is 10.8. The topological polar surface area (TPSA) is 35.6 Å². The van der Waals surface area contributed by atoms with Crippen molar-refractivity contribution >= 4 is 6.03 Å². The fourth-order valence-electron chi connectivity index (χ4n) is 2.19. The van der Waals surface area contributed by atoms with E-state index in [2.05, 4.69) is 10.2 Å². The van der Waals surface area contributed by atoms with Crippen LogP contribution in [0.4, 0.5) is 4.79 Å². The van der Waals surface area contributed by atoms with E-state index in [0.717, 1.165) is 12.6 Å². The van der Waals surface area contributed by atoms with Crippen LogP contribution in [0, 0.1) is 5.92 Å². The van der Waals surface area contributed by atoms with E-state index in [1.165, 1.54) is 32.4 Å². The van der Waals surface area contributed by atoms with Crippen molar-refractivity contribution in [3.05, 3.63) is 0 Å². The first kappa shape index (κ1) is 10.7. The minimum Gasteiger partial charge on any atom is -0.338 e. The molecular weight excluding hydrogens is 190 g/mol. The lowest BCUT2D eigenvalue weighted by molar-refractivity contribution is 0.215. The molecule has 0 aromatic carbocycles. The molecule has 1 atom stereocenters. The molecule has 0 spiro atoms. The lowest BCUT2D eigenvalue weighted by Gasteiger charge is -2.16. The summed E-state index contributed by atoms with van der Waals surface area (Å²) in [4.78, 5) is 15.5. The highest BCUT2D eigenvalue weighted by Gasteiger charge is 2.34. The second-order valence-electron chi connectivity index (χ2n) is 4.96. The molecule has 4 nitrogen and oxygen atoms in total. The van der Waals surface area contributed by atoms with Crippen LogP contribution < -0.4 is 5.32 Å². The summed E-state index contributed by atoms with van der Waals surface area (Å²) in [5.74, 6) is 0.662. The van der Waals surface area contributed by atoms with Crippen molar-refractivity contribution in [1.29, 1.82) is 0 Å². The summed E-state index contributed by atoms with van der Waals surface area (Å²) < 4.78 is 0. The molecule has 0 bridgehead atoms. The average molecular weight is 211 g/mol. The molecule has 2 fully saturated rings. The molecule has 15 heavy (non-hydrogen) atoms. The lowest BCUT2D eigenvalue weighted by Crippen LogP contribution is -2.38. The Labute approximate surface area is 91.6 Å². The Bertz CT molecular complexity index is 238. The number of nitrogens with one attached hydrogen (secondary N) is 1. The molecule has 0 aromatic heterocycles. The van der Waals surface area contributed by atoms with Crippen molar-refractivity contribution in [2.75, 3.05) is 33.7 Å². The minimum absolute atomic E-state index is 0.0277. The van der Waals surface area contributed by atoms with E-state index in [1.54, 1.807) is 19.0 Å². The van der Waals surface area contributed by atoms with Gasteiger partial charge in [0.1, 0.15) is 0 Å². The third kappa shape index (κ3) is 2.84. The van der Waals surface area contributed by atoms with E-state index in [9.17, 15) is 4.79 Å². The summed E-state index contributed by atoms with van der Waals surface area (Å²) in [6.45, 7) is 3.24. The summed E-state index contributed by atoms with van der Waals surface area (Å²) in [5.41, 5.74) is 0. The predicted octanol–water partition coefficient (Wildman–Crippen LogP) is 0.742. The highest BCUT2D eigenvalue weighted by atomic mass is 16.2. The van der Waals surface area contributed by atoms with E-state index in [1.807, 2.05) is 0 Å². The number of rotatable bonds is 3. The summed E-state index contributed by atoms with van der Waals surface area (Å²) >= 11 is 0. The Balaban J connectivity index is 1.66. The molecule has 1 saturated heterocycles. The molecule has 4 heteroatoms. The summed E-state index contributed by atoms with van der Waals surface area (Å²) in [6.07, 6.45) is 4.01. The van der Waals surface area contributed by atoms with Crippen LogP contribution in [0.15, 0.2) is 0 Å².